The minimum absolute atomic E-state index is 0.292. The van der Waals surface area contributed by atoms with E-state index in [0.29, 0.717) is 28.5 Å². The first kappa shape index (κ1) is 33.2. The van der Waals surface area contributed by atoms with Crippen LogP contribution in [0.25, 0.3) is 78.0 Å². The molecule has 2 aliphatic carbocycles. The smallest absolute Gasteiger partial charge is 0.164 e. The van der Waals surface area contributed by atoms with Crippen molar-refractivity contribution in [2.75, 3.05) is 0 Å². The second-order valence-corrected chi connectivity index (χ2v) is 15.9. The third kappa shape index (κ3) is 6.16. The summed E-state index contributed by atoms with van der Waals surface area (Å²) in [5.74, 6) is 3.58. The Labute approximate surface area is 322 Å². The molecule has 1 heterocycles. The number of benzene rings is 7. The summed E-state index contributed by atoms with van der Waals surface area (Å²) in [6, 6.07) is 55.5. The van der Waals surface area contributed by atoms with Gasteiger partial charge in [-0.3, -0.25) is 0 Å². The molecule has 8 aromatic rings. The highest BCUT2D eigenvalue weighted by atomic mass is 15.0. The largest absolute Gasteiger partial charge is 0.208 e. The van der Waals surface area contributed by atoms with Gasteiger partial charge in [-0.25, -0.2) is 15.0 Å². The van der Waals surface area contributed by atoms with Crippen LogP contribution in [0.2, 0.25) is 0 Å². The van der Waals surface area contributed by atoms with Crippen LogP contribution in [-0.2, 0) is 5.41 Å². The van der Waals surface area contributed by atoms with Crippen LogP contribution in [0.4, 0.5) is 0 Å². The van der Waals surface area contributed by atoms with Crippen molar-refractivity contribution in [3.63, 3.8) is 0 Å². The summed E-state index contributed by atoms with van der Waals surface area (Å²) >= 11 is 0. The molecule has 3 atom stereocenters. The summed E-state index contributed by atoms with van der Waals surface area (Å²) < 4.78 is 0. The zero-order chi connectivity index (χ0) is 36.9. The zero-order valence-corrected chi connectivity index (χ0v) is 30.9. The van der Waals surface area contributed by atoms with Gasteiger partial charge in [0.05, 0.1) is 11.6 Å². The van der Waals surface area contributed by atoms with E-state index in [2.05, 4.69) is 140 Å². The van der Waals surface area contributed by atoms with E-state index < -0.39 is 0 Å². The van der Waals surface area contributed by atoms with Gasteiger partial charge in [0.25, 0.3) is 0 Å². The standard InChI is InChI=1S/C51H40N4/c1-51(30-34-10-11-35(28-34)31-51)43-26-24-37(25-27-43)36-16-20-40(21-17-36)49-53-48(39-14-12-33(32-52)13-15-39)54-50(55-49)41-22-18-38(19-23-41)47-29-42-6-2-3-7-44(42)45-8-4-5-9-46(45)47/h2-9,12-27,29,34-35H,10-11,28,30-31H2,1H3/t34-,35?,51?/m1/s1. The van der Waals surface area contributed by atoms with Crippen LogP contribution < -0.4 is 0 Å². The van der Waals surface area contributed by atoms with E-state index in [-0.39, 0.29) is 0 Å². The van der Waals surface area contributed by atoms with Gasteiger partial charge in [-0.05, 0) is 116 Å². The fourth-order valence-electron chi connectivity index (χ4n) is 9.57. The molecule has 4 heteroatoms. The summed E-state index contributed by atoms with van der Waals surface area (Å²) in [5, 5.41) is 14.4. The predicted octanol–water partition coefficient (Wildman–Crippen LogP) is 12.9. The van der Waals surface area contributed by atoms with Crippen molar-refractivity contribution in [1.82, 2.24) is 15.0 Å². The SMILES string of the molecule is CC1(c2ccc(-c3ccc(-c4nc(-c5ccc(C#N)cc5)nc(-c5ccc(-c6cc7ccccc7c7ccccc67)cc5)n4)cc3)cc2)CC2CC[C@H](C2)C1. The highest BCUT2D eigenvalue weighted by Crippen LogP contribution is 2.51. The number of aromatic nitrogens is 3. The second-order valence-electron chi connectivity index (χ2n) is 15.9. The van der Waals surface area contributed by atoms with Gasteiger partial charge in [-0.1, -0.05) is 141 Å². The Kier molecular flexibility index (Phi) is 8.11. The molecule has 2 aliphatic rings. The molecule has 264 valence electrons. The third-order valence-electron chi connectivity index (χ3n) is 12.3. The lowest BCUT2D eigenvalue weighted by atomic mass is 9.66. The molecular weight excluding hydrogens is 669 g/mol. The molecule has 0 N–H and O–H groups in total. The van der Waals surface area contributed by atoms with Crippen LogP contribution in [0.3, 0.4) is 0 Å². The minimum Gasteiger partial charge on any atom is -0.208 e. The first-order valence-electron chi connectivity index (χ1n) is 19.5. The summed E-state index contributed by atoms with van der Waals surface area (Å²) in [6.07, 6.45) is 6.91. The summed E-state index contributed by atoms with van der Waals surface area (Å²) in [6.45, 7) is 2.48. The zero-order valence-electron chi connectivity index (χ0n) is 30.9. The molecule has 0 saturated heterocycles. The van der Waals surface area contributed by atoms with Crippen molar-refractivity contribution in [3.8, 4) is 62.5 Å². The summed E-state index contributed by atoms with van der Waals surface area (Å²) in [7, 11) is 0. The molecule has 2 unspecified atom stereocenters. The van der Waals surface area contributed by atoms with E-state index in [1.807, 2.05) is 12.1 Å². The number of rotatable bonds is 6. The van der Waals surface area contributed by atoms with Crippen LogP contribution in [0.15, 0.2) is 152 Å². The molecular formula is C51H40N4. The Morgan fingerprint density at radius 3 is 1.53 bits per heavy atom. The fraction of sp³-hybridized carbons (Fsp3) is 0.176. The molecule has 2 saturated carbocycles. The summed E-state index contributed by atoms with van der Waals surface area (Å²) in [4.78, 5) is 15.0. The van der Waals surface area contributed by atoms with E-state index in [9.17, 15) is 5.26 Å². The van der Waals surface area contributed by atoms with Gasteiger partial charge in [-0.2, -0.15) is 5.26 Å². The van der Waals surface area contributed by atoms with Crippen LogP contribution in [-0.4, -0.2) is 15.0 Å². The van der Waals surface area contributed by atoms with E-state index in [1.54, 1.807) is 12.1 Å². The van der Waals surface area contributed by atoms with Crippen molar-refractivity contribution >= 4 is 21.5 Å². The highest BCUT2D eigenvalue weighted by molar-refractivity contribution is 6.13. The Morgan fingerprint density at radius 1 is 0.509 bits per heavy atom. The number of nitriles is 1. The van der Waals surface area contributed by atoms with Gasteiger partial charge < -0.3 is 0 Å². The topological polar surface area (TPSA) is 62.5 Å². The molecule has 0 radical (unpaired) electrons. The van der Waals surface area contributed by atoms with Crippen molar-refractivity contribution in [2.24, 2.45) is 11.8 Å². The number of nitrogens with zero attached hydrogens (tertiary/aromatic N) is 4. The molecule has 0 aliphatic heterocycles. The Hall–Kier alpha value is -6.44. The first-order chi connectivity index (χ1) is 27.0. The van der Waals surface area contributed by atoms with Crippen molar-refractivity contribution in [2.45, 2.75) is 44.4 Å². The second kappa shape index (κ2) is 13.4. The molecule has 0 amide bonds. The van der Waals surface area contributed by atoms with E-state index >= 15 is 0 Å². The van der Waals surface area contributed by atoms with Crippen molar-refractivity contribution in [1.29, 1.82) is 5.26 Å². The van der Waals surface area contributed by atoms with E-state index in [0.717, 1.165) is 34.1 Å². The minimum atomic E-state index is 0.292. The Bertz CT molecular complexity index is 2730. The number of hydrogen-bond donors (Lipinski definition) is 0. The lowest BCUT2D eigenvalue weighted by Crippen LogP contribution is -2.30. The average molecular weight is 709 g/mol. The first-order valence-corrected chi connectivity index (χ1v) is 19.5. The van der Waals surface area contributed by atoms with Gasteiger partial charge in [0, 0.05) is 16.7 Å². The lowest BCUT2D eigenvalue weighted by molar-refractivity contribution is 0.232. The maximum absolute atomic E-state index is 9.42. The van der Waals surface area contributed by atoms with Crippen LogP contribution in [0.5, 0.6) is 0 Å². The predicted molar refractivity (Wildman–Crippen MR) is 224 cm³/mol. The molecule has 1 aromatic heterocycles. The van der Waals surface area contributed by atoms with Crippen molar-refractivity contribution in [3.05, 3.63) is 163 Å². The van der Waals surface area contributed by atoms with Crippen LogP contribution in [0.1, 0.15) is 50.2 Å². The monoisotopic (exact) mass is 708 g/mol. The van der Waals surface area contributed by atoms with Crippen LogP contribution >= 0.6 is 0 Å². The number of fused-ring (bicyclic) bond motifs is 5. The molecule has 2 bridgehead atoms. The average Bonchev–Trinajstić information content (AvgIpc) is 3.61. The summed E-state index contributed by atoms with van der Waals surface area (Å²) in [5.41, 5.74) is 9.74. The van der Waals surface area contributed by atoms with Gasteiger partial charge >= 0.3 is 0 Å². The quantitative estimate of drug-likeness (QED) is 0.161. The molecule has 55 heavy (non-hydrogen) atoms. The number of hydrogen-bond acceptors (Lipinski definition) is 4. The normalized spacial score (nSPS) is 19.1. The molecule has 7 aromatic carbocycles. The van der Waals surface area contributed by atoms with Gasteiger partial charge in [0.15, 0.2) is 17.5 Å². The maximum Gasteiger partial charge on any atom is 0.164 e. The Balaban J connectivity index is 0.987. The van der Waals surface area contributed by atoms with Gasteiger partial charge in [0.1, 0.15) is 0 Å². The van der Waals surface area contributed by atoms with Crippen LogP contribution in [0, 0.1) is 23.2 Å². The van der Waals surface area contributed by atoms with Gasteiger partial charge in [0.2, 0.25) is 0 Å². The maximum atomic E-state index is 9.42. The molecule has 4 nitrogen and oxygen atoms in total. The molecule has 0 spiro atoms. The van der Waals surface area contributed by atoms with E-state index in [1.165, 1.54) is 75.9 Å². The van der Waals surface area contributed by atoms with E-state index in [4.69, 9.17) is 15.0 Å². The highest BCUT2D eigenvalue weighted by Gasteiger charge is 2.41. The molecule has 2 fully saturated rings. The van der Waals surface area contributed by atoms with Crippen molar-refractivity contribution < 1.29 is 0 Å². The lowest BCUT2D eigenvalue weighted by Gasteiger charge is -2.38. The Morgan fingerprint density at radius 2 is 0.964 bits per heavy atom. The third-order valence-corrected chi connectivity index (χ3v) is 12.3. The molecule has 10 rings (SSSR count). The van der Waals surface area contributed by atoms with Gasteiger partial charge in [-0.15, -0.1) is 0 Å². The fourth-order valence-corrected chi connectivity index (χ4v) is 9.57.